The van der Waals surface area contributed by atoms with Gasteiger partial charge in [0.15, 0.2) is 11.4 Å². The number of benzene rings is 1. The molecule has 40 heavy (non-hydrogen) atoms. The first-order valence-electron chi connectivity index (χ1n) is 13.2. The second-order valence-electron chi connectivity index (χ2n) is 11.3. The molecule has 0 spiro atoms. The third kappa shape index (κ3) is 4.16. The lowest BCUT2D eigenvalue weighted by Crippen LogP contribution is -2.65. The molecule has 11 nitrogen and oxygen atoms in total. The fraction of sp³-hybridized carbons (Fsp3) is 0.536. The molecule has 1 fully saturated rings. The Hall–Kier alpha value is -3.48. The summed E-state index contributed by atoms with van der Waals surface area (Å²) >= 11 is 0. The summed E-state index contributed by atoms with van der Waals surface area (Å²) in [7, 11) is 5.82. The quantitative estimate of drug-likeness (QED) is 0.190. The van der Waals surface area contributed by atoms with Crippen LogP contribution in [0.5, 0.6) is 5.75 Å². The molecule has 1 saturated carbocycles. The molecule has 0 unspecified atom stereocenters. The highest BCUT2D eigenvalue weighted by Gasteiger charge is 2.64. The van der Waals surface area contributed by atoms with E-state index in [1.54, 1.807) is 14.1 Å². The van der Waals surface area contributed by atoms with Crippen molar-refractivity contribution in [3.05, 3.63) is 39.4 Å². The maximum Gasteiger partial charge on any atom is 0.258 e. The second-order valence-corrected chi connectivity index (χ2v) is 11.3. The van der Waals surface area contributed by atoms with Crippen LogP contribution in [0, 0.1) is 23.6 Å². The average molecular weight is 561 g/mol. The van der Waals surface area contributed by atoms with Crippen molar-refractivity contribution in [3.63, 3.8) is 0 Å². The largest absolute Gasteiger partial charge is 0.508 e. The second kappa shape index (κ2) is 10.5. The summed E-state index contributed by atoms with van der Waals surface area (Å²) in [6.07, 6.45) is -0.190. The smallest absolute Gasteiger partial charge is 0.258 e. The van der Waals surface area contributed by atoms with Gasteiger partial charge in [-0.2, -0.15) is 0 Å². The number of hydrogen-bond donors (Lipinski definition) is 7. The van der Waals surface area contributed by atoms with E-state index in [9.17, 15) is 34.8 Å². The molecule has 0 saturated heterocycles. The Labute approximate surface area is 231 Å². The molecule has 0 bridgehead atoms. The minimum Gasteiger partial charge on any atom is -0.508 e. The molecule has 3 aliphatic rings. The number of phenols is 1. The van der Waals surface area contributed by atoms with Gasteiger partial charge in [-0.05, 0) is 45.3 Å². The van der Waals surface area contributed by atoms with E-state index in [0.29, 0.717) is 12.5 Å². The molecule has 0 heterocycles. The van der Waals surface area contributed by atoms with Crippen LogP contribution < -0.4 is 16.0 Å². The molecule has 7 N–H and O–H groups in total. The number of likely N-dealkylation sites (N-methyl/N-ethyl adjacent to an activating group) is 2. The summed E-state index contributed by atoms with van der Waals surface area (Å²) in [6, 6.07) is -1.16. The summed E-state index contributed by atoms with van der Waals surface area (Å²) in [6.45, 7) is 4.70. The van der Waals surface area contributed by atoms with E-state index in [2.05, 4.69) is 16.0 Å². The lowest BCUT2D eigenvalue weighted by atomic mass is 9.57. The topological polar surface area (TPSA) is 171 Å². The van der Waals surface area contributed by atoms with E-state index in [0.717, 1.165) is 0 Å². The summed E-state index contributed by atoms with van der Waals surface area (Å²) in [5.41, 5.74) is -3.80. The molecule has 1 aromatic carbocycles. The lowest BCUT2D eigenvalue weighted by molar-refractivity contribution is -0.153. The van der Waals surface area contributed by atoms with Crippen molar-refractivity contribution in [1.82, 2.24) is 15.5 Å². The van der Waals surface area contributed by atoms with Gasteiger partial charge in [-0.25, -0.2) is 4.39 Å². The Morgan fingerprint density at radius 2 is 1.82 bits per heavy atom. The number of phenolic OH excluding ortho intramolecular Hbond substituents is 1. The summed E-state index contributed by atoms with van der Waals surface area (Å²) in [5, 5.41) is 53.5. The van der Waals surface area contributed by atoms with Crippen molar-refractivity contribution in [2.75, 3.05) is 40.1 Å². The van der Waals surface area contributed by atoms with Gasteiger partial charge in [-0.3, -0.25) is 19.3 Å². The van der Waals surface area contributed by atoms with Gasteiger partial charge in [0.25, 0.3) is 5.91 Å². The predicted octanol–water partition coefficient (Wildman–Crippen LogP) is 1.15. The molecule has 4 atom stereocenters. The minimum absolute atomic E-state index is 0.0108. The molecular formula is C28H37FN4O7. The van der Waals surface area contributed by atoms with Gasteiger partial charge in [-0.1, -0.05) is 13.8 Å². The number of ketones is 2. The monoisotopic (exact) mass is 560 g/mol. The van der Waals surface area contributed by atoms with E-state index in [4.69, 9.17) is 0 Å². The van der Waals surface area contributed by atoms with Gasteiger partial charge in [0.1, 0.15) is 28.7 Å². The Morgan fingerprint density at radius 3 is 2.38 bits per heavy atom. The Bertz CT molecular complexity index is 1350. The molecule has 0 radical (unpaired) electrons. The van der Waals surface area contributed by atoms with Crippen LogP contribution in [0.3, 0.4) is 0 Å². The molecule has 4 rings (SSSR count). The molecule has 1 amide bonds. The molecule has 0 aliphatic heterocycles. The highest BCUT2D eigenvalue weighted by molar-refractivity contribution is 6.25. The van der Waals surface area contributed by atoms with Crippen LogP contribution in [0.25, 0.3) is 5.76 Å². The zero-order valence-electron chi connectivity index (χ0n) is 23.5. The van der Waals surface area contributed by atoms with Crippen molar-refractivity contribution in [3.8, 4) is 5.75 Å². The molecule has 218 valence electrons. The number of amides is 1. The summed E-state index contributed by atoms with van der Waals surface area (Å²) in [4.78, 5) is 41.3. The number of nitrogens with zero attached hydrogens (tertiary/aromatic N) is 1. The fourth-order valence-corrected chi connectivity index (χ4v) is 6.42. The van der Waals surface area contributed by atoms with Crippen molar-refractivity contribution in [2.45, 2.75) is 44.9 Å². The van der Waals surface area contributed by atoms with Gasteiger partial charge < -0.3 is 36.4 Å². The van der Waals surface area contributed by atoms with Crippen LogP contribution in [0.4, 0.5) is 10.1 Å². The number of hydrogen-bond acceptors (Lipinski definition) is 10. The standard InChI is InChI=1S/C28H37FN4O7/c1-11(2)9-32-10-14-19(29)13-7-12-8-15-21(33(5)6)24(36)18(27(39)31-4)26(38)28(15,40)25(37)16(12)22(34)17(13)23(35)20(14)30-3/h11-12,15,21,30,32,34-35,38,40H,7-10H2,1-6H3,(H,31,39)/t12-,15-,21-,28-/m0/s1. The highest BCUT2D eigenvalue weighted by Crippen LogP contribution is 2.54. The van der Waals surface area contributed by atoms with Crippen molar-refractivity contribution < 1.29 is 39.2 Å². The number of aromatic hydroxyl groups is 1. The van der Waals surface area contributed by atoms with Gasteiger partial charge in [-0.15, -0.1) is 0 Å². The highest BCUT2D eigenvalue weighted by atomic mass is 19.1. The number of rotatable bonds is 7. The number of nitrogens with one attached hydrogen (secondary N) is 3. The summed E-state index contributed by atoms with van der Waals surface area (Å²) < 4.78 is 16.0. The number of aliphatic hydroxyl groups is 3. The third-order valence-electron chi connectivity index (χ3n) is 8.23. The van der Waals surface area contributed by atoms with E-state index >= 15 is 4.39 Å². The zero-order chi connectivity index (χ0) is 29.8. The maximum atomic E-state index is 16.0. The number of carbonyl (C=O) groups is 3. The zero-order valence-corrected chi connectivity index (χ0v) is 23.5. The summed E-state index contributed by atoms with van der Waals surface area (Å²) in [5.74, 6) is -7.49. The molecule has 1 aromatic rings. The third-order valence-corrected chi connectivity index (χ3v) is 8.23. The van der Waals surface area contributed by atoms with E-state index in [-0.39, 0.29) is 47.3 Å². The minimum atomic E-state index is -2.71. The Balaban J connectivity index is 1.93. The van der Waals surface area contributed by atoms with Crippen LogP contribution >= 0.6 is 0 Å². The van der Waals surface area contributed by atoms with Gasteiger partial charge in [0, 0.05) is 43.3 Å². The first-order valence-corrected chi connectivity index (χ1v) is 13.2. The normalized spacial score (nSPS) is 26.2. The van der Waals surface area contributed by atoms with Crippen LogP contribution in [0.2, 0.25) is 0 Å². The van der Waals surface area contributed by atoms with E-state index in [1.807, 2.05) is 13.8 Å². The van der Waals surface area contributed by atoms with Gasteiger partial charge >= 0.3 is 0 Å². The average Bonchev–Trinajstić information content (AvgIpc) is 2.88. The number of Topliss-reactive ketones (excluding diaryl/α,β-unsaturated/α-hetero) is 2. The van der Waals surface area contributed by atoms with Gasteiger partial charge in [0.2, 0.25) is 5.78 Å². The van der Waals surface area contributed by atoms with Crippen molar-refractivity contribution in [2.24, 2.45) is 17.8 Å². The number of halogens is 1. The van der Waals surface area contributed by atoms with Crippen LogP contribution in [-0.2, 0) is 27.3 Å². The molecule has 0 aromatic heterocycles. The first-order chi connectivity index (χ1) is 18.7. The maximum absolute atomic E-state index is 16.0. The number of carbonyl (C=O) groups excluding carboxylic acids is 3. The Kier molecular flexibility index (Phi) is 7.74. The Morgan fingerprint density at radius 1 is 1.18 bits per heavy atom. The SMILES string of the molecule is CNC(=O)C1=C(O)[C@@]2(O)C(=O)C3=C(O)c4c(O)c(NC)c(CNCC(C)C)c(F)c4C[C@H]3C[C@H]2[C@H](N(C)C)C1=O. The first kappa shape index (κ1) is 29.5. The van der Waals surface area contributed by atoms with Crippen molar-refractivity contribution in [1.29, 1.82) is 0 Å². The molecular weight excluding hydrogens is 523 g/mol. The predicted molar refractivity (Wildman–Crippen MR) is 145 cm³/mol. The van der Waals surface area contributed by atoms with Crippen LogP contribution in [-0.4, -0.2) is 89.2 Å². The van der Waals surface area contributed by atoms with Crippen LogP contribution in [0.15, 0.2) is 16.9 Å². The molecule has 12 heteroatoms. The number of aliphatic hydroxyl groups excluding tert-OH is 2. The number of anilines is 1. The van der Waals surface area contributed by atoms with E-state index in [1.165, 1.54) is 19.0 Å². The molecule has 3 aliphatic carbocycles. The van der Waals surface area contributed by atoms with Gasteiger partial charge in [0.05, 0.1) is 17.3 Å². The van der Waals surface area contributed by atoms with Crippen molar-refractivity contribution >= 4 is 28.9 Å². The van der Waals surface area contributed by atoms with E-state index < -0.39 is 69.6 Å². The van der Waals surface area contributed by atoms with Crippen LogP contribution in [0.1, 0.15) is 37.0 Å². The lowest BCUT2D eigenvalue weighted by Gasteiger charge is -2.50. The fourth-order valence-electron chi connectivity index (χ4n) is 6.42. The number of fused-ring (bicyclic) bond motifs is 3.